The van der Waals surface area contributed by atoms with E-state index in [1.54, 1.807) is 31.3 Å². The summed E-state index contributed by atoms with van der Waals surface area (Å²) in [7, 11) is 1.60. The largest absolute Gasteiger partial charge is 0.355 e. The third kappa shape index (κ3) is 3.48. The van der Waals surface area contributed by atoms with Gasteiger partial charge >= 0.3 is 0 Å². The molecule has 1 aliphatic heterocycles. The van der Waals surface area contributed by atoms with Crippen molar-refractivity contribution < 1.29 is 14.4 Å². The fourth-order valence-corrected chi connectivity index (χ4v) is 3.56. The normalized spacial score (nSPS) is 14.3. The Kier molecular flexibility index (Phi) is 5.10. The molecule has 27 heavy (non-hydrogen) atoms. The number of nitrogens with two attached hydrogens (primary N) is 1. The topological polar surface area (TPSA) is 92.5 Å². The van der Waals surface area contributed by atoms with Gasteiger partial charge in [-0.3, -0.25) is 19.3 Å². The van der Waals surface area contributed by atoms with Crippen LogP contribution >= 0.6 is 0 Å². The van der Waals surface area contributed by atoms with Crippen LogP contribution in [0.3, 0.4) is 0 Å². The van der Waals surface area contributed by atoms with Crippen LogP contribution in [0.15, 0.2) is 36.4 Å². The zero-order valence-corrected chi connectivity index (χ0v) is 15.7. The van der Waals surface area contributed by atoms with Gasteiger partial charge < -0.3 is 11.1 Å². The highest BCUT2D eigenvalue weighted by molar-refractivity contribution is 6.21. The number of benzene rings is 2. The van der Waals surface area contributed by atoms with Crippen molar-refractivity contribution in [3.05, 3.63) is 69.8 Å². The van der Waals surface area contributed by atoms with Gasteiger partial charge in [0.15, 0.2) is 0 Å². The van der Waals surface area contributed by atoms with Crippen LogP contribution in [0.1, 0.15) is 47.8 Å². The zero-order chi connectivity index (χ0) is 19.7. The highest BCUT2D eigenvalue weighted by Crippen LogP contribution is 2.24. The number of hydrogen-bond acceptors (Lipinski definition) is 4. The van der Waals surface area contributed by atoms with E-state index < -0.39 is 6.04 Å². The maximum absolute atomic E-state index is 12.5. The van der Waals surface area contributed by atoms with Crippen LogP contribution in [0.25, 0.3) is 0 Å². The van der Waals surface area contributed by atoms with Crippen LogP contribution in [0.5, 0.6) is 0 Å². The summed E-state index contributed by atoms with van der Waals surface area (Å²) in [5.41, 5.74) is 10.7. The first kappa shape index (κ1) is 18.8. The van der Waals surface area contributed by atoms with Gasteiger partial charge in [-0.2, -0.15) is 0 Å². The summed E-state index contributed by atoms with van der Waals surface area (Å²) in [6.07, 6.45) is 0.513. The van der Waals surface area contributed by atoms with Gasteiger partial charge in [-0.1, -0.05) is 12.1 Å². The van der Waals surface area contributed by atoms with Crippen molar-refractivity contribution in [1.29, 1.82) is 0 Å². The molecule has 1 aliphatic rings. The lowest BCUT2D eigenvalue weighted by Crippen LogP contribution is -2.42. The summed E-state index contributed by atoms with van der Waals surface area (Å²) in [6, 6.07) is 10.1. The second-order valence-corrected chi connectivity index (χ2v) is 6.90. The molecule has 0 saturated carbocycles. The smallest absolute Gasteiger partial charge is 0.261 e. The number of fused-ring (bicyclic) bond motifs is 1. The Balaban J connectivity index is 1.76. The number of carbonyl (C=O) groups excluding carboxylic acids is 3. The Hall–Kier alpha value is -2.99. The minimum Gasteiger partial charge on any atom is -0.355 e. The molecule has 2 aromatic rings. The maximum atomic E-state index is 12.5. The molecule has 0 fully saturated rings. The number of aryl methyl sites for hydroxylation is 2. The van der Waals surface area contributed by atoms with Crippen molar-refractivity contribution in [3.63, 3.8) is 0 Å². The highest BCUT2D eigenvalue weighted by atomic mass is 16.2. The molecule has 6 nitrogen and oxygen atoms in total. The molecule has 2 aromatic carbocycles. The van der Waals surface area contributed by atoms with E-state index in [1.165, 1.54) is 4.90 Å². The van der Waals surface area contributed by atoms with Crippen LogP contribution in [0.2, 0.25) is 0 Å². The Morgan fingerprint density at radius 2 is 1.59 bits per heavy atom. The van der Waals surface area contributed by atoms with Crippen molar-refractivity contribution in [2.45, 2.75) is 26.3 Å². The molecule has 0 bridgehead atoms. The number of amides is 3. The standard InChI is InChI=1S/C21H23N3O3/c1-12-8-14(19(25)23-3)9-13(2)18(12)10-15(22)11-24-20(26)16-6-4-5-7-17(16)21(24)27/h4-9,15H,10-11,22H2,1-3H3,(H,23,25)/t15-/m0/s1. The Morgan fingerprint density at radius 1 is 1.07 bits per heavy atom. The van der Waals surface area contributed by atoms with Crippen molar-refractivity contribution >= 4 is 17.7 Å². The molecule has 0 radical (unpaired) electrons. The van der Waals surface area contributed by atoms with Gasteiger partial charge in [0.25, 0.3) is 17.7 Å². The van der Waals surface area contributed by atoms with Crippen molar-refractivity contribution in [1.82, 2.24) is 10.2 Å². The zero-order valence-electron chi connectivity index (χ0n) is 15.7. The summed E-state index contributed by atoms with van der Waals surface area (Å²) in [5.74, 6) is -0.730. The maximum Gasteiger partial charge on any atom is 0.261 e. The van der Waals surface area contributed by atoms with E-state index in [0.29, 0.717) is 23.1 Å². The number of nitrogens with zero attached hydrogens (tertiary/aromatic N) is 1. The van der Waals surface area contributed by atoms with Crippen LogP contribution in [0.4, 0.5) is 0 Å². The lowest BCUT2D eigenvalue weighted by molar-refractivity contribution is 0.0644. The first-order chi connectivity index (χ1) is 12.8. The molecule has 6 heteroatoms. The summed E-state index contributed by atoms with van der Waals surface area (Å²) in [4.78, 5) is 38.0. The molecule has 1 atom stereocenters. The average molecular weight is 365 g/mol. The van der Waals surface area contributed by atoms with Gasteiger partial charge in [-0.15, -0.1) is 0 Å². The minimum atomic E-state index is -0.393. The van der Waals surface area contributed by atoms with Crippen LogP contribution in [-0.4, -0.2) is 42.3 Å². The second kappa shape index (κ2) is 7.32. The molecular formula is C21H23N3O3. The Labute approximate surface area is 158 Å². The predicted molar refractivity (Wildman–Crippen MR) is 103 cm³/mol. The first-order valence-electron chi connectivity index (χ1n) is 8.86. The van der Waals surface area contributed by atoms with Gasteiger partial charge in [0.1, 0.15) is 0 Å². The third-order valence-electron chi connectivity index (χ3n) is 4.95. The average Bonchev–Trinajstić information content (AvgIpc) is 2.89. The van der Waals surface area contributed by atoms with Gasteiger partial charge in [-0.25, -0.2) is 0 Å². The molecule has 3 N–H and O–H groups in total. The summed E-state index contributed by atoms with van der Waals surface area (Å²) >= 11 is 0. The minimum absolute atomic E-state index is 0.136. The molecule has 3 rings (SSSR count). The molecular weight excluding hydrogens is 342 g/mol. The summed E-state index contributed by atoms with van der Waals surface area (Å²) in [6.45, 7) is 4.02. The predicted octanol–water partition coefficient (Wildman–Crippen LogP) is 1.83. The number of rotatable bonds is 5. The third-order valence-corrected chi connectivity index (χ3v) is 4.95. The van der Waals surface area contributed by atoms with E-state index in [-0.39, 0.29) is 24.3 Å². The van der Waals surface area contributed by atoms with Gasteiger partial charge in [0.05, 0.1) is 11.1 Å². The van der Waals surface area contributed by atoms with E-state index >= 15 is 0 Å². The lowest BCUT2D eigenvalue weighted by Gasteiger charge is -2.21. The number of carbonyl (C=O) groups is 3. The number of nitrogens with one attached hydrogen (secondary N) is 1. The summed E-state index contributed by atoms with van der Waals surface area (Å²) < 4.78 is 0. The highest BCUT2D eigenvalue weighted by Gasteiger charge is 2.35. The Bertz CT molecular complexity index is 878. The van der Waals surface area contributed by atoms with E-state index in [1.807, 2.05) is 26.0 Å². The quantitative estimate of drug-likeness (QED) is 0.791. The van der Waals surface area contributed by atoms with Crippen LogP contribution in [0, 0.1) is 13.8 Å². The molecule has 0 unspecified atom stereocenters. The fraction of sp³-hybridized carbons (Fsp3) is 0.286. The Morgan fingerprint density at radius 3 is 2.07 bits per heavy atom. The molecule has 0 aromatic heterocycles. The molecule has 0 saturated heterocycles. The van der Waals surface area contributed by atoms with Crippen molar-refractivity contribution in [2.75, 3.05) is 13.6 Å². The lowest BCUT2D eigenvalue weighted by atomic mass is 9.94. The van der Waals surface area contributed by atoms with Gasteiger partial charge in [0.2, 0.25) is 0 Å². The van der Waals surface area contributed by atoms with E-state index in [4.69, 9.17) is 5.73 Å². The van der Waals surface area contributed by atoms with Crippen molar-refractivity contribution in [3.8, 4) is 0 Å². The van der Waals surface area contributed by atoms with E-state index in [2.05, 4.69) is 5.32 Å². The fourth-order valence-electron chi connectivity index (χ4n) is 3.56. The molecule has 140 valence electrons. The van der Waals surface area contributed by atoms with Crippen LogP contribution in [-0.2, 0) is 6.42 Å². The SMILES string of the molecule is CNC(=O)c1cc(C)c(C[C@H](N)CN2C(=O)c3ccccc3C2=O)c(C)c1. The van der Waals surface area contributed by atoms with Crippen LogP contribution < -0.4 is 11.1 Å². The number of imide groups is 1. The molecule has 0 spiro atoms. The van der Waals surface area contributed by atoms with Gasteiger partial charge in [-0.05, 0) is 61.2 Å². The van der Waals surface area contributed by atoms with Crippen molar-refractivity contribution in [2.24, 2.45) is 5.73 Å². The molecule has 0 aliphatic carbocycles. The van der Waals surface area contributed by atoms with E-state index in [0.717, 1.165) is 16.7 Å². The van der Waals surface area contributed by atoms with E-state index in [9.17, 15) is 14.4 Å². The molecule has 3 amide bonds. The molecule has 1 heterocycles. The summed E-state index contributed by atoms with van der Waals surface area (Å²) in [5, 5.41) is 2.62. The van der Waals surface area contributed by atoms with Gasteiger partial charge in [0, 0.05) is 25.2 Å². The number of hydrogen-bond donors (Lipinski definition) is 2. The first-order valence-corrected chi connectivity index (χ1v) is 8.86. The second-order valence-electron chi connectivity index (χ2n) is 6.90. The monoisotopic (exact) mass is 365 g/mol.